The summed E-state index contributed by atoms with van der Waals surface area (Å²) in [5, 5.41) is 10.2. The van der Waals surface area contributed by atoms with Crippen LogP contribution in [0.5, 0.6) is 0 Å². The highest BCUT2D eigenvalue weighted by molar-refractivity contribution is 5.72. The molecule has 0 spiro atoms. The number of alkyl halides is 3. The lowest BCUT2D eigenvalue weighted by Gasteiger charge is -2.35. The van der Waals surface area contributed by atoms with E-state index in [-0.39, 0.29) is 31.3 Å². The molecule has 4 nitrogen and oxygen atoms in total. The lowest BCUT2D eigenvalue weighted by atomic mass is 9.79. The third-order valence-electron chi connectivity index (χ3n) is 3.60. The van der Waals surface area contributed by atoms with Crippen LogP contribution in [0, 0.1) is 5.92 Å². The molecule has 1 rings (SSSR count). The van der Waals surface area contributed by atoms with Crippen LogP contribution in [0.1, 0.15) is 39.5 Å². The minimum atomic E-state index is -4.43. The molecule has 1 fully saturated rings. The highest BCUT2D eigenvalue weighted by Gasteiger charge is 2.41. The second-order valence-corrected chi connectivity index (χ2v) is 5.25. The Morgan fingerprint density at radius 1 is 1.40 bits per heavy atom. The van der Waals surface area contributed by atoms with Gasteiger partial charge in [0, 0.05) is 0 Å². The number of halogens is 3. The summed E-state index contributed by atoms with van der Waals surface area (Å²) in [7, 11) is 0. The van der Waals surface area contributed by atoms with Gasteiger partial charge in [-0.2, -0.15) is 13.2 Å². The Kier molecular flexibility index (Phi) is 5.82. The summed E-state index contributed by atoms with van der Waals surface area (Å²) in [5.74, 6) is -0.589. The number of carbonyl (C=O) groups excluding carboxylic acids is 1. The average molecular weight is 298 g/mol. The molecule has 0 radical (unpaired) electrons. The van der Waals surface area contributed by atoms with Crippen molar-refractivity contribution in [3.63, 3.8) is 0 Å². The molecule has 0 heterocycles. The van der Waals surface area contributed by atoms with Gasteiger partial charge in [-0.1, -0.05) is 0 Å². The maximum Gasteiger partial charge on any atom is 0.414 e. The van der Waals surface area contributed by atoms with E-state index in [1.54, 1.807) is 6.92 Å². The van der Waals surface area contributed by atoms with Gasteiger partial charge in [-0.15, -0.1) is 0 Å². The summed E-state index contributed by atoms with van der Waals surface area (Å²) in [6.07, 6.45) is -5.06. The number of carbonyl (C=O) groups is 1. The quantitative estimate of drug-likeness (QED) is 0.792. The van der Waals surface area contributed by atoms with Crippen molar-refractivity contribution in [2.75, 3.05) is 13.2 Å². The minimum absolute atomic E-state index is 0.237. The van der Waals surface area contributed by atoms with Crippen molar-refractivity contribution < 1.29 is 32.5 Å². The van der Waals surface area contributed by atoms with Crippen molar-refractivity contribution in [3.05, 3.63) is 0 Å². The van der Waals surface area contributed by atoms with E-state index in [0.717, 1.165) is 6.92 Å². The van der Waals surface area contributed by atoms with E-state index in [9.17, 15) is 23.1 Å². The minimum Gasteiger partial charge on any atom is -0.466 e. The monoisotopic (exact) mass is 298 g/mol. The highest BCUT2D eigenvalue weighted by atomic mass is 19.4. The van der Waals surface area contributed by atoms with E-state index < -0.39 is 17.9 Å². The molecule has 1 aliphatic carbocycles. The zero-order chi connectivity index (χ0) is 15.4. The molecule has 1 saturated carbocycles. The first-order valence-electron chi connectivity index (χ1n) is 6.75. The average Bonchev–Trinajstić information content (AvgIpc) is 2.36. The van der Waals surface area contributed by atoms with Crippen molar-refractivity contribution in [2.24, 2.45) is 5.92 Å². The molecule has 1 N–H and O–H groups in total. The normalized spacial score (nSPS) is 29.0. The second kappa shape index (κ2) is 6.76. The predicted molar refractivity (Wildman–Crippen MR) is 65.0 cm³/mol. The molecular formula is C13H21F3O4. The van der Waals surface area contributed by atoms with Gasteiger partial charge in [0.15, 0.2) is 6.10 Å². The van der Waals surface area contributed by atoms with Crippen molar-refractivity contribution in [3.8, 4) is 0 Å². The second-order valence-electron chi connectivity index (χ2n) is 5.25. The van der Waals surface area contributed by atoms with Gasteiger partial charge < -0.3 is 14.6 Å². The molecule has 0 aromatic carbocycles. The van der Waals surface area contributed by atoms with E-state index in [1.165, 1.54) is 0 Å². The molecular weight excluding hydrogens is 277 g/mol. The molecule has 0 amide bonds. The number of hydrogen-bond acceptors (Lipinski definition) is 4. The van der Waals surface area contributed by atoms with Crippen LogP contribution in [0.15, 0.2) is 0 Å². The van der Waals surface area contributed by atoms with Gasteiger partial charge in [-0.3, -0.25) is 4.79 Å². The van der Waals surface area contributed by atoms with Crippen LogP contribution in [-0.2, 0) is 14.3 Å². The summed E-state index contributed by atoms with van der Waals surface area (Å²) < 4.78 is 46.5. The van der Waals surface area contributed by atoms with Crippen LogP contribution in [-0.4, -0.2) is 42.2 Å². The van der Waals surface area contributed by atoms with Gasteiger partial charge in [0.05, 0.1) is 24.7 Å². The third-order valence-corrected chi connectivity index (χ3v) is 3.60. The van der Waals surface area contributed by atoms with E-state index in [1.807, 2.05) is 0 Å². The molecule has 118 valence electrons. The first-order valence-corrected chi connectivity index (χ1v) is 6.75. The number of hydrogen-bond donors (Lipinski definition) is 1. The molecule has 0 saturated heterocycles. The zero-order valence-electron chi connectivity index (χ0n) is 11.7. The standard InChI is InChI=1S/C13H21F3O4/c1-3-19-11(17)10-4-6-12(18,7-5-10)8-20-9(2)13(14,15)16/h9-10,18H,3-8H2,1-2H3. The SMILES string of the molecule is CCOC(=O)C1CCC(O)(COC(C)C(F)(F)F)CC1. The van der Waals surface area contributed by atoms with Gasteiger partial charge in [0.25, 0.3) is 0 Å². The molecule has 1 unspecified atom stereocenters. The van der Waals surface area contributed by atoms with Crippen molar-refractivity contribution in [1.29, 1.82) is 0 Å². The van der Waals surface area contributed by atoms with E-state index in [0.29, 0.717) is 19.4 Å². The smallest absolute Gasteiger partial charge is 0.414 e. The predicted octanol–water partition coefficient (Wildman–Crippen LogP) is 2.44. The van der Waals surface area contributed by atoms with E-state index >= 15 is 0 Å². The lowest BCUT2D eigenvalue weighted by Crippen LogP contribution is -2.43. The Labute approximate surface area is 116 Å². The Morgan fingerprint density at radius 3 is 2.40 bits per heavy atom. The van der Waals surface area contributed by atoms with E-state index in [4.69, 9.17) is 9.47 Å². The van der Waals surface area contributed by atoms with Crippen LogP contribution >= 0.6 is 0 Å². The molecule has 1 atom stereocenters. The van der Waals surface area contributed by atoms with Gasteiger partial charge in [-0.05, 0) is 39.5 Å². The fraction of sp³-hybridized carbons (Fsp3) is 0.923. The van der Waals surface area contributed by atoms with Gasteiger partial charge >= 0.3 is 12.1 Å². The third kappa shape index (κ3) is 4.94. The molecule has 0 aromatic rings. The maximum atomic E-state index is 12.3. The van der Waals surface area contributed by atoms with E-state index in [2.05, 4.69) is 0 Å². The molecule has 20 heavy (non-hydrogen) atoms. The number of rotatable bonds is 5. The van der Waals surface area contributed by atoms with Crippen LogP contribution in [0.3, 0.4) is 0 Å². The summed E-state index contributed by atoms with van der Waals surface area (Å²) in [6, 6.07) is 0. The van der Waals surface area contributed by atoms with Crippen molar-refractivity contribution in [2.45, 2.75) is 57.4 Å². The van der Waals surface area contributed by atoms with Gasteiger partial charge in [0.1, 0.15) is 0 Å². The Morgan fingerprint density at radius 2 is 1.95 bits per heavy atom. The number of ether oxygens (including phenoxy) is 2. The first-order chi connectivity index (χ1) is 9.18. The molecule has 7 heteroatoms. The summed E-state index contributed by atoms with van der Waals surface area (Å²) in [4.78, 5) is 11.5. The van der Waals surface area contributed by atoms with Crippen LogP contribution in [0.4, 0.5) is 13.2 Å². The van der Waals surface area contributed by atoms with Crippen LogP contribution in [0.2, 0.25) is 0 Å². The van der Waals surface area contributed by atoms with Crippen LogP contribution in [0.25, 0.3) is 0 Å². The highest BCUT2D eigenvalue weighted by Crippen LogP contribution is 2.34. The Balaban J connectivity index is 2.40. The molecule has 0 aliphatic heterocycles. The largest absolute Gasteiger partial charge is 0.466 e. The maximum absolute atomic E-state index is 12.3. The summed E-state index contributed by atoms with van der Waals surface area (Å²) in [6.45, 7) is 2.55. The molecule has 0 aromatic heterocycles. The Hall–Kier alpha value is -0.820. The number of esters is 1. The summed E-state index contributed by atoms with van der Waals surface area (Å²) in [5.41, 5.74) is -1.29. The fourth-order valence-corrected chi connectivity index (χ4v) is 2.17. The molecule has 0 bridgehead atoms. The fourth-order valence-electron chi connectivity index (χ4n) is 2.17. The lowest BCUT2D eigenvalue weighted by molar-refractivity contribution is -0.228. The number of aliphatic hydroxyl groups is 1. The molecule has 1 aliphatic rings. The van der Waals surface area contributed by atoms with Crippen molar-refractivity contribution >= 4 is 5.97 Å². The van der Waals surface area contributed by atoms with Gasteiger partial charge in [-0.25, -0.2) is 0 Å². The van der Waals surface area contributed by atoms with Crippen molar-refractivity contribution in [1.82, 2.24) is 0 Å². The van der Waals surface area contributed by atoms with Crippen LogP contribution < -0.4 is 0 Å². The van der Waals surface area contributed by atoms with Gasteiger partial charge in [0.2, 0.25) is 0 Å². The topological polar surface area (TPSA) is 55.8 Å². The first kappa shape index (κ1) is 17.2. The summed E-state index contributed by atoms with van der Waals surface area (Å²) >= 11 is 0. The Bertz CT molecular complexity index is 322. The zero-order valence-corrected chi connectivity index (χ0v) is 11.7.